The van der Waals surface area contributed by atoms with Crippen molar-refractivity contribution in [2.45, 2.75) is 25.6 Å². The smallest absolute Gasteiger partial charge is 0.233 e. The van der Waals surface area contributed by atoms with Gasteiger partial charge in [-0.05, 0) is 43.8 Å². The lowest BCUT2D eigenvalue weighted by atomic mass is 10.1. The number of hydrogen-bond acceptors (Lipinski definition) is 5. The molecule has 2 aliphatic heterocycles. The van der Waals surface area contributed by atoms with Crippen molar-refractivity contribution in [2.24, 2.45) is 0 Å². The zero-order valence-corrected chi connectivity index (χ0v) is 14.6. The molecule has 0 unspecified atom stereocenters. The lowest BCUT2D eigenvalue weighted by Gasteiger charge is -2.26. The van der Waals surface area contributed by atoms with E-state index in [1.807, 2.05) is 23.1 Å². The van der Waals surface area contributed by atoms with Crippen LogP contribution in [0, 0.1) is 0 Å². The van der Waals surface area contributed by atoms with E-state index in [1.54, 1.807) is 11.8 Å². The van der Waals surface area contributed by atoms with Crippen LogP contribution in [0.2, 0.25) is 0 Å². The maximum absolute atomic E-state index is 12.2. The largest absolute Gasteiger partial charge is 0.454 e. The summed E-state index contributed by atoms with van der Waals surface area (Å²) < 4.78 is 10.8. The van der Waals surface area contributed by atoms with Gasteiger partial charge in [-0.15, -0.1) is 11.8 Å². The molecule has 1 saturated heterocycles. The Labute approximate surface area is 141 Å². The van der Waals surface area contributed by atoms with Gasteiger partial charge in [0.15, 0.2) is 11.5 Å². The van der Waals surface area contributed by atoms with Crippen LogP contribution in [-0.4, -0.2) is 54.4 Å². The molecule has 1 amide bonds. The van der Waals surface area contributed by atoms with Crippen LogP contribution in [0.15, 0.2) is 18.2 Å². The highest BCUT2D eigenvalue weighted by Crippen LogP contribution is 2.42. The second-order valence-electron chi connectivity index (χ2n) is 5.74. The summed E-state index contributed by atoms with van der Waals surface area (Å²) in [5.41, 5.74) is 1.12. The first-order valence-corrected chi connectivity index (χ1v) is 9.30. The van der Waals surface area contributed by atoms with Gasteiger partial charge in [-0.2, -0.15) is 0 Å². The molecule has 0 aliphatic carbocycles. The molecule has 2 aliphatic rings. The third-order valence-corrected chi connectivity index (χ3v) is 5.67. The first kappa shape index (κ1) is 16.5. The Balaban J connectivity index is 1.65. The van der Waals surface area contributed by atoms with Crippen molar-refractivity contribution >= 4 is 17.7 Å². The van der Waals surface area contributed by atoms with Gasteiger partial charge in [0, 0.05) is 6.54 Å². The van der Waals surface area contributed by atoms with Crippen molar-refractivity contribution in [1.82, 2.24) is 9.80 Å². The summed E-state index contributed by atoms with van der Waals surface area (Å²) in [6.45, 7) is 8.60. The minimum Gasteiger partial charge on any atom is -0.454 e. The predicted molar refractivity (Wildman–Crippen MR) is 91.9 cm³/mol. The lowest BCUT2D eigenvalue weighted by molar-refractivity contribution is -0.128. The van der Waals surface area contributed by atoms with Gasteiger partial charge < -0.3 is 19.3 Å². The number of hydrogen-bond donors (Lipinski definition) is 0. The average Bonchev–Trinajstić information content (AvgIpc) is 3.17. The Kier molecular flexibility index (Phi) is 5.33. The maximum atomic E-state index is 12.2. The van der Waals surface area contributed by atoms with Crippen LogP contribution in [0.5, 0.6) is 11.5 Å². The summed E-state index contributed by atoms with van der Waals surface area (Å²) in [6, 6.07) is 5.99. The van der Waals surface area contributed by atoms with Gasteiger partial charge in [0.25, 0.3) is 0 Å². The van der Waals surface area contributed by atoms with E-state index in [2.05, 4.69) is 18.7 Å². The monoisotopic (exact) mass is 336 g/mol. The fourth-order valence-electron chi connectivity index (χ4n) is 3.04. The predicted octanol–water partition coefficient (Wildman–Crippen LogP) is 2.72. The van der Waals surface area contributed by atoms with E-state index < -0.39 is 0 Å². The van der Waals surface area contributed by atoms with Crippen molar-refractivity contribution in [1.29, 1.82) is 0 Å². The molecule has 0 radical (unpaired) electrons. The molecule has 0 bridgehead atoms. The van der Waals surface area contributed by atoms with E-state index in [0.717, 1.165) is 49.7 Å². The molecule has 0 aromatic heterocycles. The summed E-state index contributed by atoms with van der Waals surface area (Å²) in [5.74, 6) is 2.36. The first-order chi connectivity index (χ1) is 11.2. The van der Waals surface area contributed by atoms with Crippen LogP contribution in [0.3, 0.4) is 0 Å². The lowest BCUT2D eigenvalue weighted by Crippen LogP contribution is -2.32. The minimum absolute atomic E-state index is 0.0914. The van der Waals surface area contributed by atoms with E-state index >= 15 is 0 Å². The van der Waals surface area contributed by atoms with Gasteiger partial charge in [0.1, 0.15) is 5.37 Å². The molecule has 0 saturated carbocycles. The fraction of sp³-hybridized carbons (Fsp3) is 0.588. The molecule has 0 N–H and O–H groups in total. The van der Waals surface area contributed by atoms with Crippen molar-refractivity contribution in [3.63, 3.8) is 0 Å². The molecule has 1 atom stereocenters. The normalized spacial score (nSPS) is 19.9. The molecule has 1 aromatic carbocycles. The Morgan fingerprint density at radius 2 is 2.04 bits per heavy atom. The fourth-order valence-corrected chi connectivity index (χ4v) is 4.25. The standard InChI is InChI=1S/C17H24N2O3S/c1-3-18(4-2)8-5-9-19-16(20)11-23-17(19)13-6-7-14-15(10-13)22-12-21-14/h6-7,10,17H,3-5,8-9,11-12H2,1-2H3/t17-/m0/s1. The molecule has 126 valence electrons. The number of ether oxygens (including phenoxy) is 2. The van der Waals surface area contributed by atoms with Crippen molar-refractivity contribution in [3.8, 4) is 11.5 Å². The molecular formula is C17H24N2O3S. The van der Waals surface area contributed by atoms with Gasteiger partial charge >= 0.3 is 0 Å². The average molecular weight is 336 g/mol. The molecule has 2 heterocycles. The molecular weight excluding hydrogens is 312 g/mol. The van der Waals surface area contributed by atoms with E-state index in [9.17, 15) is 4.79 Å². The Bertz CT molecular complexity index is 563. The zero-order valence-electron chi connectivity index (χ0n) is 13.8. The van der Waals surface area contributed by atoms with Crippen LogP contribution >= 0.6 is 11.8 Å². The molecule has 1 aromatic rings. The van der Waals surface area contributed by atoms with E-state index in [4.69, 9.17) is 9.47 Å². The Morgan fingerprint density at radius 1 is 1.26 bits per heavy atom. The van der Waals surface area contributed by atoms with Gasteiger partial charge in [-0.1, -0.05) is 19.9 Å². The van der Waals surface area contributed by atoms with Crippen LogP contribution < -0.4 is 9.47 Å². The van der Waals surface area contributed by atoms with E-state index in [1.165, 1.54) is 0 Å². The Morgan fingerprint density at radius 3 is 2.83 bits per heavy atom. The van der Waals surface area contributed by atoms with Crippen molar-refractivity contribution < 1.29 is 14.3 Å². The molecule has 1 fully saturated rings. The molecule has 23 heavy (non-hydrogen) atoms. The summed E-state index contributed by atoms with van der Waals surface area (Å²) >= 11 is 1.69. The third kappa shape index (κ3) is 3.58. The maximum Gasteiger partial charge on any atom is 0.233 e. The summed E-state index contributed by atoms with van der Waals surface area (Å²) in [6.07, 6.45) is 1.01. The van der Waals surface area contributed by atoms with Crippen LogP contribution in [0.25, 0.3) is 0 Å². The quantitative estimate of drug-likeness (QED) is 0.766. The molecule has 0 spiro atoms. The second-order valence-corrected chi connectivity index (χ2v) is 6.81. The second kappa shape index (κ2) is 7.45. The number of benzene rings is 1. The highest BCUT2D eigenvalue weighted by molar-refractivity contribution is 8.00. The van der Waals surface area contributed by atoms with E-state index in [0.29, 0.717) is 5.75 Å². The molecule has 5 nitrogen and oxygen atoms in total. The number of carbonyl (C=O) groups is 1. The SMILES string of the molecule is CCN(CC)CCCN1C(=O)CS[C@H]1c1ccc2c(c1)OCO2. The Hall–Kier alpha value is -1.40. The molecule has 3 rings (SSSR count). The number of rotatable bonds is 7. The van der Waals surface area contributed by atoms with Gasteiger partial charge in [0.2, 0.25) is 12.7 Å². The first-order valence-electron chi connectivity index (χ1n) is 8.26. The highest BCUT2D eigenvalue weighted by Gasteiger charge is 2.33. The van der Waals surface area contributed by atoms with Gasteiger partial charge in [0.05, 0.1) is 5.75 Å². The van der Waals surface area contributed by atoms with E-state index in [-0.39, 0.29) is 18.1 Å². The highest BCUT2D eigenvalue weighted by atomic mass is 32.2. The zero-order chi connectivity index (χ0) is 16.2. The van der Waals surface area contributed by atoms with Crippen LogP contribution in [-0.2, 0) is 4.79 Å². The number of amides is 1. The van der Waals surface area contributed by atoms with Gasteiger partial charge in [-0.25, -0.2) is 0 Å². The number of nitrogens with zero attached hydrogens (tertiary/aromatic N) is 2. The minimum atomic E-state index is 0.0914. The van der Waals surface area contributed by atoms with Crippen LogP contribution in [0.4, 0.5) is 0 Å². The van der Waals surface area contributed by atoms with Crippen LogP contribution in [0.1, 0.15) is 31.2 Å². The molecule has 6 heteroatoms. The van der Waals surface area contributed by atoms with Crippen molar-refractivity contribution in [2.75, 3.05) is 38.7 Å². The number of thioether (sulfide) groups is 1. The van der Waals surface area contributed by atoms with Gasteiger partial charge in [-0.3, -0.25) is 4.79 Å². The van der Waals surface area contributed by atoms with Crippen molar-refractivity contribution in [3.05, 3.63) is 23.8 Å². The number of fused-ring (bicyclic) bond motifs is 1. The third-order valence-electron chi connectivity index (χ3n) is 4.42. The number of carbonyl (C=O) groups excluding carboxylic acids is 1. The topological polar surface area (TPSA) is 42.0 Å². The summed E-state index contributed by atoms with van der Waals surface area (Å²) in [5, 5.41) is 0.0914. The summed E-state index contributed by atoms with van der Waals surface area (Å²) in [7, 11) is 0. The summed E-state index contributed by atoms with van der Waals surface area (Å²) in [4.78, 5) is 16.6.